The molecular formula is C22H24N4O3. The Morgan fingerprint density at radius 3 is 2.41 bits per heavy atom. The Kier molecular flexibility index (Phi) is 6.84. The highest BCUT2D eigenvalue weighted by Gasteiger charge is 2.21. The van der Waals surface area contributed by atoms with Crippen LogP contribution < -0.4 is 0 Å². The molecule has 0 aliphatic heterocycles. The van der Waals surface area contributed by atoms with Crippen LogP contribution in [-0.4, -0.2) is 37.5 Å². The second-order valence-electron chi connectivity index (χ2n) is 7.05. The van der Waals surface area contributed by atoms with Crippen molar-refractivity contribution in [2.45, 2.75) is 45.4 Å². The number of Topliss-reactive ketones (excluding diaryl/α,β-unsaturated/α-hetero) is 3. The lowest BCUT2D eigenvalue weighted by Crippen LogP contribution is -2.19. The zero-order valence-electron chi connectivity index (χ0n) is 16.4. The van der Waals surface area contributed by atoms with Crippen molar-refractivity contribution in [1.29, 1.82) is 0 Å². The molecule has 3 rings (SSSR count). The van der Waals surface area contributed by atoms with E-state index in [1.165, 1.54) is 11.9 Å². The molecule has 0 radical (unpaired) electrons. The Bertz CT molecular complexity index is 972. The molecule has 0 amide bonds. The molecule has 0 spiro atoms. The van der Waals surface area contributed by atoms with E-state index in [0.717, 1.165) is 48.9 Å². The van der Waals surface area contributed by atoms with E-state index in [-0.39, 0.29) is 18.0 Å². The van der Waals surface area contributed by atoms with Gasteiger partial charge < -0.3 is 4.98 Å². The lowest BCUT2D eigenvalue weighted by molar-refractivity contribution is -0.114. The predicted octanol–water partition coefficient (Wildman–Crippen LogP) is 3.29. The van der Waals surface area contributed by atoms with Gasteiger partial charge in [-0.05, 0) is 49.8 Å². The van der Waals surface area contributed by atoms with Crippen molar-refractivity contribution < 1.29 is 14.4 Å². The molecule has 29 heavy (non-hydrogen) atoms. The normalized spacial score (nSPS) is 10.8. The number of hydrogen-bond donors (Lipinski definition) is 2. The van der Waals surface area contributed by atoms with Crippen molar-refractivity contribution >= 4 is 17.3 Å². The van der Waals surface area contributed by atoms with Crippen LogP contribution in [0.2, 0.25) is 0 Å². The number of rotatable bonds is 11. The number of aromatic nitrogens is 4. The van der Waals surface area contributed by atoms with Gasteiger partial charge in [-0.1, -0.05) is 30.7 Å². The fourth-order valence-electron chi connectivity index (χ4n) is 3.25. The maximum absolute atomic E-state index is 12.2. The molecule has 7 heteroatoms. The number of nitrogens with zero attached hydrogens (tertiary/aromatic N) is 2. The highest BCUT2D eigenvalue weighted by atomic mass is 16.2. The van der Waals surface area contributed by atoms with Gasteiger partial charge in [0.15, 0.2) is 5.78 Å². The van der Waals surface area contributed by atoms with Gasteiger partial charge in [0.2, 0.25) is 11.6 Å². The topological polar surface area (TPSA) is 109 Å². The second-order valence-corrected chi connectivity index (χ2v) is 7.05. The van der Waals surface area contributed by atoms with Gasteiger partial charge in [0.25, 0.3) is 5.78 Å². The van der Waals surface area contributed by atoms with Crippen LogP contribution in [-0.2, 0) is 24.1 Å². The molecule has 0 saturated carbocycles. The molecule has 7 nitrogen and oxygen atoms in total. The van der Waals surface area contributed by atoms with Crippen molar-refractivity contribution in [3.8, 4) is 0 Å². The average molecular weight is 392 g/mol. The third kappa shape index (κ3) is 5.57. The van der Waals surface area contributed by atoms with Gasteiger partial charge in [0.1, 0.15) is 6.33 Å². The minimum atomic E-state index is -0.678. The molecule has 0 aliphatic rings. The van der Waals surface area contributed by atoms with Crippen LogP contribution in [0.5, 0.6) is 0 Å². The first kappa shape index (κ1) is 20.4. The fourth-order valence-corrected chi connectivity index (χ4v) is 3.25. The first-order valence-corrected chi connectivity index (χ1v) is 9.73. The van der Waals surface area contributed by atoms with Gasteiger partial charge in [-0.3, -0.25) is 19.5 Å². The van der Waals surface area contributed by atoms with E-state index < -0.39 is 11.6 Å². The Balaban J connectivity index is 1.42. The van der Waals surface area contributed by atoms with Gasteiger partial charge in [-0.2, -0.15) is 0 Å². The summed E-state index contributed by atoms with van der Waals surface area (Å²) < 4.78 is 0. The number of H-pyrrole nitrogens is 2. The minimum absolute atomic E-state index is 0.0260. The largest absolute Gasteiger partial charge is 0.364 e. The summed E-state index contributed by atoms with van der Waals surface area (Å²) in [5, 5.41) is 6.10. The van der Waals surface area contributed by atoms with Crippen LogP contribution in [0.3, 0.4) is 0 Å². The van der Waals surface area contributed by atoms with E-state index >= 15 is 0 Å². The highest BCUT2D eigenvalue weighted by Crippen LogP contribution is 2.15. The van der Waals surface area contributed by atoms with Crippen LogP contribution in [0.4, 0.5) is 0 Å². The van der Waals surface area contributed by atoms with Crippen LogP contribution in [0.15, 0.2) is 42.9 Å². The number of carbonyl (C=O) groups excluding carboxylic acids is 3. The van der Waals surface area contributed by atoms with E-state index in [4.69, 9.17) is 0 Å². The standard InChI is InChI=1S/C22H24N4O3/c1-15(27)17-9-7-16(8-10-17)5-3-2-4-6-18-11-12-23-19(18)13-20(28)21(29)22-24-14-25-26-22/h7-12,14,23H,2-6,13H2,1H3,(H,24,25,26). The van der Waals surface area contributed by atoms with Crippen molar-refractivity contribution in [3.05, 3.63) is 71.1 Å². The molecule has 0 aliphatic carbocycles. The smallest absolute Gasteiger partial charge is 0.267 e. The molecule has 150 valence electrons. The number of nitrogens with one attached hydrogen (secondary N) is 2. The molecule has 2 aromatic heterocycles. The molecular weight excluding hydrogens is 368 g/mol. The number of aryl methyl sites for hydroxylation is 2. The van der Waals surface area contributed by atoms with Gasteiger partial charge in [-0.25, -0.2) is 4.98 Å². The van der Waals surface area contributed by atoms with E-state index in [9.17, 15) is 14.4 Å². The average Bonchev–Trinajstić information content (AvgIpc) is 3.40. The summed E-state index contributed by atoms with van der Waals surface area (Å²) in [7, 11) is 0. The summed E-state index contributed by atoms with van der Waals surface area (Å²) in [6.07, 6.45) is 8.04. The molecule has 3 aromatic rings. The van der Waals surface area contributed by atoms with Gasteiger partial charge in [0.05, 0.1) is 6.42 Å². The van der Waals surface area contributed by atoms with E-state index in [0.29, 0.717) is 0 Å². The molecule has 0 bridgehead atoms. The van der Waals surface area contributed by atoms with Crippen molar-refractivity contribution in [2.24, 2.45) is 0 Å². The summed E-state index contributed by atoms with van der Waals surface area (Å²) in [4.78, 5) is 42.3. The molecule has 0 unspecified atom stereocenters. The zero-order valence-corrected chi connectivity index (χ0v) is 16.4. The van der Waals surface area contributed by atoms with Crippen LogP contribution in [0, 0.1) is 0 Å². The lowest BCUT2D eigenvalue weighted by Gasteiger charge is -2.05. The molecule has 2 N–H and O–H groups in total. The maximum Gasteiger partial charge on any atom is 0.267 e. The maximum atomic E-state index is 12.2. The summed E-state index contributed by atoms with van der Waals surface area (Å²) >= 11 is 0. The fraction of sp³-hybridized carbons (Fsp3) is 0.318. The van der Waals surface area contributed by atoms with Gasteiger partial charge in [-0.15, -0.1) is 5.10 Å². The van der Waals surface area contributed by atoms with Gasteiger partial charge >= 0.3 is 0 Å². The number of unbranched alkanes of at least 4 members (excludes halogenated alkanes) is 2. The van der Waals surface area contributed by atoms with Crippen LogP contribution in [0.1, 0.15) is 64.0 Å². The second kappa shape index (κ2) is 9.73. The Hall–Kier alpha value is -3.35. The first-order valence-electron chi connectivity index (χ1n) is 9.73. The van der Waals surface area contributed by atoms with Crippen molar-refractivity contribution in [1.82, 2.24) is 20.2 Å². The van der Waals surface area contributed by atoms with Crippen molar-refractivity contribution in [2.75, 3.05) is 0 Å². The molecule has 2 heterocycles. The highest BCUT2D eigenvalue weighted by molar-refractivity contribution is 6.43. The summed E-state index contributed by atoms with van der Waals surface area (Å²) in [6, 6.07) is 9.73. The van der Waals surface area contributed by atoms with E-state index in [1.54, 1.807) is 13.1 Å². The van der Waals surface area contributed by atoms with E-state index in [1.807, 2.05) is 30.3 Å². The van der Waals surface area contributed by atoms with Crippen molar-refractivity contribution in [3.63, 3.8) is 0 Å². The lowest BCUT2D eigenvalue weighted by atomic mass is 10.0. The Morgan fingerprint density at radius 2 is 1.72 bits per heavy atom. The summed E-state index contributed by atoms with van der Waals surface area (Å²) in [5.41, 5.74) is 3.81. The third-order valence-electron chi connectivity index (χ3n) is 4.91. The predicted molar refractivity (Wildman–Crippen MR) is 108 cm³/mol. The SMILES string of the molecule is CC(=O)c1ccc(CCCCCc2cc[nH]c2CC(=O)C(=O)c2nc[nH]n2)cc1. The Morgan fingerprint density at radius 1 is 0.966 bits per heavy atom. The monoisotopic (exact) mass is 392 g/mol. The van der Waals surface area contributed by atoms with E-state index in [2.05, 4.69) is 20.2 Å². The Labute approximate surface area is 169 Å². The number of aromatic amines is 2. The van der Waals surface area contributed by atoms with Crippen LogP contribution in [0.25, 0.3) is 0 Å². The summed E-state index contributed by atoms with van der Waals surface area (Å²) in [5.74, 6) is -1.22. The summed E-state index contributed by atoms with van der Waals surface area (Å²) in [6.45, 7) is 1.57. The number of ketones is 3. The third-order valence-corrected chi connectivity index (χ3v) is 4.91. The van der Waals surface area contributed by atoms with Crippen LogP contribution >= 0.6 is 0 Å². The molecule has 0 saturated heterocycles. The number of benzene rings is 1. The number of hydrogen-bond acceptors (Lipinski definition) is 5. The molecule has 0 fully saturated rings. The quantitative estimate of drug-likeness (QED) is 0.296. The first-order chi connectivity index (χ1) is 14.0. The number of carbonyl (C=O) groups is 3. The zero-order chi connectivity index (χ0) is 20.6. The minimum Gasteiger partial charge on any atom is -0.364 e. The molecule has 1 aromatic carbocycles. The van der Waals surface area contributed by atoms with Gasteiger partial charge in [0, 0.05) is 17.5 Å². The molecule has 0 atom stereocenters.